The van der Waals surface area contributed by atoms with Crippen molar-refractivity contribution >= 4 is 21.6 Å². The first-order valence-corrected chi connectivity index (χ1v) is 12.3. The Morgan fingerprint density at radius 1 is 1.09 bits per heavy atom. The van der Waals surface area contributed by atoms with Gasteiger partial charge in [-0.15, -0.1) is 0 Å². The van der Waals surface area contributed by atoms with Gasteiger partial charge in [0.1, 0.15) is 0 Å². The molecule has 2 N–H and O–H groups in total. The maximum Gasteiger partial charge on any atom is 0.262 e. The van der Waals surface area contributed by atoms with Crippen molar-refractivity contribution in [3.63, 3.8) is 0 Å². The van der Waals surface area contributed by atoms with Gasteiger partial charge in [0.25, 0.3) is 15.9 Å². The number of anilines is 1. The predicted molar refractivity (Wildman–Crippen MR) is 127 cm³/mol. The molecule has 2 aromatic carbocycles. The van der Waals surface area contributed by atoms with Crippen LogP contribution in [0.5, 0.6) is 5.88 Å². The third-order valence-electron chi connectivity index (χ3n) is 5.42. The molecule has 8 heteroatoms. The van der Waals surface area contributed by atoms with Crippen LogP contribution in [0.2, 0.25) is 0 Å². The van der Waals surface area contributed by atoms with Crippen LogP contribution in [0, 0.1) is 19.8 Å². The van der Waals surface area contributed by atoms with Crippen molar-refractivity contribution in [2.45, 2.75) is 38.1 Å². The van der Waals surface area contributed by atoms with Gasteiger partial charge in [-0.05, 0) is 73.6 Å². The maximum absolute atomic E-state index is 12.9. The minimum atomic E-state index is -3.78. The van der Waals surface area contributed by atoms with Gasteiger partial charge in [0, 0.05) is 30.1 Å². The first-order valence-electron chi connectivity index (χ1n) is 10.9. The zero-order valence-electron chi connectivity index (χ0n) is 18.7. The molecule has 0 spiro atoms. The molecule has 0 radical (unpaired) electrons. The Morgan fingerprint density at radius 2 is 1.91 bits per heavy atom. The number of nitrogens with zero attached hydrogens (tertiary/aromatic N) is 1. The molecule has 1 fully saturated rings. The van der Waals surface area contributed by atoms with Crippen LogP contribution in [0.15, 0.2) is 65.7 Å². The summed E-state index contributed by atoms with van der Waals surface area (Å²) in [5.74, 6) is 0.935. The van der Waals surface area contributed by atoms with Crippen LogP contribution in [-0.2, 0) is 16.6 Å². The van der Waals surface area contributed by atoms with E-state index in [9.17, 15) is 13.2 Å². The molecule has 1 heterocycles. The molecule has 1 aliphatic carbocycles. The normalized spacial score (nSPS) is 13.4. The smallest absolute Gasteiger partial charge is 0.262 e. The highest BCUT2D eigenvalue weighted by molar-refractivity contribution is 7.92. The molecular weight excluding hydrogens is 438 g/mol. The molecule has 4 rings (SSSR count). The first kappa shape index (κ1) is 22.8. The minimum absolute atomic E-state index is 0.217. The number of aryl methyl sites for hydroxylation is 2. The number of hydrogen-bond donors (Lipinski definition) is 2. The highest BCUT2D eigenvalue weighted by Crippen LogP contribution is 2.29. The summed E-state index contributed by atoms with van der Waals surface area (Å²) in [6, 6.07) is 15.3. The van der Waals surface area contributed by atoms with E-state index in [1.54, 1.807) is 49.5 Å². The van der Waals surface area contributed by atoms with Crippen LogP contribution < -0.4 is 14.8 Å². The number of ether oxygens (including phenoxy) is 1. The largest absolute Gasteiger partial charge is 0.477 e. The van der Waals surface area contributed by atoms with Crippen molar-refractivity contribution in [2.75, 3.05) is 11.3 Å². The monoisotopic (exact) mass is 465 g/mol. The molecule has 172 valence electrons. The van der Waals surface area contributed by atoms with E-state index in [0.717, 1.165) is 11.1 Å². The number of carbonyl (C=O) groups excluding carboxylic acids is 1. The molecule has 1 saturated carbocycles. The number of benzene rings is 2. The zero-order valence-corrected chi connectivity index (χ0v) is 19.5. The maximum atomic E-state index is 12.9. The standard InChI is InChI=1S/C25H27N3O4S/c1-17-6-7-18(2)23(12-17)33(30,31)28-22-5-3-4-21(13-22)25(29)27-15-20-10-11-24(26-14-20)32-16-19-8-9-19/h3-7,10-14,19,28H,8-9,15-16H2,1-2H3,(H,27,29). The summed E-state index contributed by atoms with van der Waals surface area (Å²) in [5.41, 5.74) is 3.02. The van der Waals surface area contributed by atoms with Gasteiger partial charge in [0.05, 0.1) is 11.5 Å². The molecule has 1 aliphatic rings. The first-order chi connectivity index (χ1) is 15.8. The van der Waals surface area contributed by atoms with E-state index in [1.807, 2.05) is 19.1 Å². The van der Waals surface area contributed by atoms with Crippen molar-refractivity contribution in [1.29, 1.82) is 0 Å². The molecule has 0 bridgehead atoms. The zero-order chi connectivity index (χ0) is 23.4. The molecule has 3 aromatic rings. The quantitative estimate of drug-likeness (QED) is 0.493. The number of carbonyl (C=O) groups is 1. The number of aromatic nitrogens is 1. The average Bonchev–Trinajstić information content (AvgIpc) is 3.63. The molecule has 7 nitrogen and oxygen atoms in total. The fourth-order valence-corrected chi connectivity index (χ4v) is 4.68. The van der Waals surface area contributed by atoms with Crippen molar-refractivity contribution in [3.8, 4) is 5.88 Å². The summed E-state index contributed by atoms with van der Waals surface area (Å²) in [4.78, 5) is 17.1. The predicted octanol–water partition coefficient (Wildman–Crippen LogP) is 4.22. The Kier molecular flexibility index (Phi) is 6.65. The number of hydrogen-bond acceptors (Lipinski definition) is 5. The fourth-order valence-electron chi connectivity index (χ4n) is 3.30. The number of rotatable bonds is 9. The summed E-state index contributed by atoms with van der Waals surface area (Å²) in [6.07, 6.45) is 4.12. The summed E-state index contributed by atoms with van der Waals surface area (Å²) in [7, 11) is -3.78. The van der Waals surface area contributed by atoms with Gasteiger partial charge in [-0.2, -0.15) is 0 Å². The number of sulfonamides is 1. The van der Waals surface area contributed by atoms with Gasteiger partial charge in [-0.25, -0.2) is 13.4 Å². The molecule has 33 heavy (non-hydrogen) atoms. The fraction of sp³-hybridized carbons (Fsp3) is 0.280. The van der Waals surface area contributed by atoms with E-state index >= 15 is 0 Å². The lowest BCUT2D eigenvalue weighted by Crippen LogP contribution is -2.23. The Morgan fingerprint density at radius 3 is 2.64 bits per heavy atom. The SMILES string of the molecule is Cc1ccc(C)c(S(=O)(=O)Nc2cccc(C(=O)NCc3ccc(OCC4CC4)nc3)c2)c1. The van der Waals surface area contributed by atoms with Crippen LogP contribution in [0.4, 0.5) is 5.69 Å². The van der Waals surface area contributed by atoms with E-state index in [1.165, 1.54) is 18.9 Å². The van der Waals surface area contributed by atoms with E-state index in [-0.39, 0.29) is 10.8 Å². The lowest BCUT2D eigenvalue weighted by atomic mass is 10.2. The molecule has 0 unspecified atom stereocenters. The van der Waals surface area contributed by atoms with Crippen LogP contribution >= 0.6 is 0 Å². The third-order valence-corrected chi connectivity index (χ3v) is 6.95. The number of amides is 1. The van der Waals surface area contributed by atoms with E-state index in [2.05, 4.69) is 15.0 Å². The molecule has 1 aromatic heterocycles. The van der Waals surface area contributed by atoms with Gasteiger partial charge in [-0.1, -0.05) is 24.3 Å². The van der Waals surface area contributed by atoms with Crippen LogP contribution in [0.3, 0.4) is 0 Å². The second kappa shape index (κ2) is 9.62. The van der Waals surface area contributed by atoms with Crippen molar-refractivity contribution in [3.05, 3.63) is 83.0 Å². The molecule has 0 atom stereocenters. The molecule has 1 amide bonds. The lowest BCUT2D eigenvalue weighted by molar-refractivity contribution is 0.0951. The Balaban J connectivity index is 1.37. The average molecular weight is 466 g/mol. The topological polar surface area (TPSA) is 97.4 Å². The van der Waals surface area contributed by atoms with E-state index in [4.69, 9.17) is 4.74 Å². The summed E-state index contributed by atoms with van der Waals surface area (Å²) in [6.45, 7) is 4.59. The number of nitrogens with one attached hydrogen (secondary N) is 2. The van der Waals surface area contributed by atoms with Gasteiger partial charge < -0.3 is 10.1 Å². The molecule has 0 saturated heterocycles. The van der Waals surface area contributed by atoms with E-state index < -0.39 is 10.0 Å². The molecule has 0 aliphatic heterocycles. The van der Waals surface area contributed by atoms with Gasteiger partial charge in [-0.3, -0.25) is 9.52 Å². The lowest BCUT2D eigenvalue weighted by Gasteiger charge is -2.12. The highest BCUT2D eigenvalue weighted by Gasteiger charge is 2.22. The van der Waals surface area contributed by atoms with Gasteiger partial charge >= 0.3 is 0 Å². The van der Waals surface area contributed by atoms with Crippen molar-refractivity contribution in [1.82, 2.24) is 10.3 Å². The second-order valence-corrected chi connectivity index (χ2v) is 10.0. The van der Waals surface area contributed by atoms with E-state index in [0.29, 0.717) is 41.8 Å². The van der Waals surface area contributed by atoms with Crippen LogP contribution in [0.25, 0.3) is 0 Å². The molecular formula is C25H27N3O4S. The summed E-state index contributed by atoms with van der Waals surface area (Å²) in [5, 5.41) is 2.84. The van der Waals surface area contributed by atoms with Crippen LogP contribution in [0.1, 0.15) is 39.9 Å². The summed E-state index contributed by atoms with van der Waals surface area (Å²) < 4.78 is 33.9. The summed E-state index contributed by atoms with van der Waals surface area (Å²) >= 11 is 0. The Labute approximate surface area is 194 Å². The van der Waals surface area contributed by atoms with Gasteiger partial charge in [0.2, 0.25) is 5.88 Å². The van der Waals surface area contributed by atoms with Crippen LogP contribution in [-0.4, -0.2) is 25.9 Å². The third kappa shape index (κ3) is 6.10. The Hall–Kier alpha value is -3.39. The second-order valence-electron chi connectivity index (χ2n) is 8.40. The highest BCUT2D eigenvalue weighted by atomic mass is 32.2. The van der Waals surface area contributed by atoms with Crippen molar-refractivity contribution in [2.24, 2.45) is 5.92 Å². The number of pyridine rings is 1. The van der Waals surface area contributed by atoms with Crippen molar-refractivity contribution < 1.29 is 17.9 Å². The van der Waals surface area contributed by atoms with Gasteiger partial charge in [0.15, 0.2) is 0 Å². The minimum Gasteiger partial charge on any atom is -0.477 e. The Bertz CT molecular complexity index is 1250.